The van der Waals surface area contributed by atoms with Crippen molar-refractivity contribution < 1.29 is 18.7 Å². The molecule has 1 aliphatic heterocycles. The molecule has 0 aromatic heterocycles. The largest absolute Gasteiger partial charge is 0.496 e. The Labute approximate surface area is 116 Å². The van der Waals surface area contributed by atoms with Crippen LogP contribution in [0.25, 0.3) is 0 Å². The van der Waals surface area contributed by atoms with Gasteiger partial charge in [-0.3, -0.25) is 4.79 Å². The smallest absolute Gasteiger partial charge is 0.260 e. The van der Waals surface area contributed by atoms with Gasteiger partial charge in [-0.1, -0.05) is 6.07 Å². The summed E-state index contributed by atoms with van der Waals surface area (Å²) in [5.41, 5.74) is -0.0415. The normalized spacial score (nSPS) is 19.3. The van der Waals surface area contributed by atoms with Gasteiger partial charge in [0.05, 0.1) is 25.7 Å². The molecule has 1 amide bonds. The number of methoxy groups -OCH3 is 1. The first kappa shape index (κ1) is 14.1. The van der Waals surface area contributed by atoms with Gasteiger partial charge in [0.25, 0.3) is 5.91 Å². The van der Waals surface area contributed by atoms with Crippen molar-refractivity contribution in [1.82, 2.24) is 4.90 Å². The van der Waals surface area contributed by atoms with Crippen molar-refractivity contribution in [3.8, 4) is 5.75 Å². The van der Waals surface area contributed by atoms with E-state index in [0.717, 1.165) is 0 Å². The van der Waals surface area contributed by atoms with Crippen molar-refractivity contribution in [1.29, 1.82) is 0 Å². The van der Waals surface area contributed by atoms with Crippen LogP contribution in [-0.2, 0) is 4.74 Å². The number of amides is 1. The van der Waals surface area contributed by atoms with Crippen molar-refractivity contribution >= 4 is 17.5 Å². The molecule has 6 heteroatoms. The van der Waals surface area contributed by atoms with Crippen LogP contribution in [0.5, 0.6) is 5.75 Å². The number of halogens is 2. The Balaban J connectivity index is 2.24. The highest BCUT2D eigenvalue weighted by molar-refractivity contribution is 6.18. The van der Waals surface area contributed by atoms with Gasteiger partial charge in [-0.2, -0.15) is 0 Å². The molecule has 104 valence electrons. The molecule has 0 saturated carbocycles. The molecule has 19 heavy (non-hydrogen) atoms. The first-order chi connectivity index (χ1) is 9.17. The number of benzene rings is 1. The van der Waals surface area contributed by atoms with Crippen LogP contribution in [-0.4, -0.2) is 49.6 Å². The zero-order chi connectivity index (χ0) is 13.8. The molecule has 1 aliphatic rings. The molecule has 0 radical (unpaired) electrons. The minimum Gasteiger partial charge on any atom is -0.496 e. The van der Waals surface area contributed by atoms with Gasteiger partial charge in [-0.15, -0.1) is 11.6 Å². The first-order valence-electron chi connectivity index (χ1n) is 5.96. The highest BCUT2D eigenvalue weighted by atomic mass is 35.5. The maximum Gasteiger partial charge on any atom is 0.260 e. The fraction of sp³-hybridized carbons (Fsp3) is 0.462. The van der Waals surface area contributed by atoms with E-state index in [1.165, 1.54) is 24.1 Å². The Morgan fingerprint density at radius 2 is 2.42 bits per heavy atom. The summed E-state index contributed by atoms with van der Waals surface area (Å²) in [5, 5.41) is 0. The highest BCUT2D eigenvalue weighted by Crippen LogP contribution is 2.23. The SMILES string of the molecule is COc1cccc(F)c1C(=O)N1CCOC(CCl)C1. The second-order valence-electron chi connectivity index (χ2n) is 4.22. The van der Waals surface area contributed by atoms with E-state index in [1.807, 2.05) is 0 Å². The number of ether oxygens (including phenoxy) is 2. The molecule has 0 N–H and O–H groups in total. The van der Waals surface area contributed by atoms with Gasteiger partial charge in [0, 0.05) is 13.1 Å². The number of nitrogens with zero attached hydrogens (tertiary/aromatic N) is 1. The fourth-order valence-electron chi connectivity index (χ4n) is 2.04. The lowest BCUT2D eigenvalue weighted by Gasteiger charge is -2.32. The maximum atomic E-state index is 13.8. The van der Waals surface area contributed by atoms with Crippen LogP contribution >= 0.6 is 11.6 Å². The van der Waals surface area contributed by atoms with Gasteiger partial charge < -0.3 is 14.4 Å². The molecule has 1 aromatic rings. The Kier molecular flexibility index (Phi) is 4.61. The van der Waals surface area contributed by atoms with Gasteiger partial charge >= 0.3 is 0 Å². The van der Waals surface area contributed by atoms with Crippen molar-refractivity contribution in [3.63, 3.8) is 0 Å². The molecule has 4 nitrogen and oxygen atoms in total. The molecule has 1 saturated heterocycles. The second-order valence-corrected chi connectivity index (χ2v) is 4.52. The quantitative estimate of drug-likeness (QED) is 0.797. The van der Waals surface area contributed by atoms with E-state index in [0.29, 0.717) is 25.6 Å². The summed E-state index contributed by atoms with van der Waals surface area (Å²) in [6.45, 7) is 1.18. The van der Waals surface area contributed by atoms with Crippen LogP contribution < -0.4 is 4.74 Å². The Morgan fingerprint density at radius 1 is 1.63 bits per heavy atom. The van der Waals surface area contributed by atoms with Crippen LogP contribution in [0.4, 0.5) is 4.39 Å². The molecule has 1 heterocycles. The summed E-state index contributed by atoms with van der Waals surface area (Å²) < 4.78 is 24.3. The van der Waals surface area contributed by atoms with Crippen molar-refractivity contribution in [2.45, 2.75) is 6.10 Å². The van der Waals surface area contributed by atoms with Gasteiger partial charge in [-0.25, -0.2) is 4.39 Å². The van der Waals surface area contributed by atoms with Crippen molar-refractivity contribution in [3.05, 3.63) is 29.6 Å². The molecular weight excluding hydrogens is 273 g/mol. The average Bonchev–Trinajstić information content (AvgIpc) is 2.46. The lowest BCUT2D eigenvalue weighted by Crippen LogP contribution is -2.46. The minimum absolute atomic E-state index is 0.0415. The van der Waals surface area contributed by atoms with Crippen molar-refractivity contribution in [2.75, 3.05) is 32.7 Å². The van der Waals surface area contributed by atoms with Gasteiger partial charge in [-0.05, 0) is 12.1 Å². The third-order valence-electron chi connectivity index (χ3n) is 3.01. The van der Waals surface area contributed by atoms with Crippen LogP contribution in [0.1, 0.15) is 10.4 Å². The maximum absolute atomic E-state index is 13.8. The first-order valence-corrected chi connectivity index (χ1v) is 6.50. The number of alkyl halides is 1. The third-order valence-corrected chi connectivity index (χ3v) is 3.35. The number of rotatable bonds is 3. The summed E-state index contributed by atoms with van der Waals surface area (Å²) in [4.78, 5) is 13.9. The topological polar surface area (TPSA) is 38.8 Å². The molecule has 0 spiro atoms. The summed E-state index contributed by atoms with van der Waals surface area (Å²) in [7, 11) is 1.41. The van der Waals surface area contributed by atoms with E-state index in [9.17, 15) is 9.18 Å². The van der Waals surface area contributed by atoms with Gasteiger partial charge in [0.1, 0.15) is 17.1 Å². The Morgan fingerprint density at radius 3 is 3.11 bits per heavy atom. The standard InChI is InChI=1S/C13H15ClFNO3/c1-18-11-4-2-3-10(15)12(11)13(17)16-5-6-19-9(7-14)8-16/h2-4,9H,5-8H2,1H3. The molecule has 1 aromatic carbocycles. The van der Waals surface area contributed by atoms with E-state index >= 15 is 0 Å². The predicted octanol–water partition coefficient (Wildman–Crippen LogP) is 1.91. The van der Waals surface area contributed by atoms with E-state index in [-0.39, 0.29) is 17.4 Å². The fourth-order valence-corrected chi connectivity index (χ4v) is 2.22. The second kappa shape index (κ2) is 6.21. The molecular formula is C13H15ClFNO3. The van der Waals surface area contributed by atoms with Crippen LogP contribution in [0, 0.1) is 5.82 Å². The summed E-state index contributed by atoms with van der Waals surface area (Å²) in [5.74, 6) is -0.441. The number of hydrogen-bond donors (Lipinski definition) is 0. The predicted molar refractivity (Wildman–Crippen MR) is 69.3 cm³/mol. The van der Waals surface area contributed by atoms with Crippen LogP contribution in [0.2, 0.25) is 0 Å². The van der Waals surface area contributed by atoms with E-state index in [4.69, 9.17) is 21.1 Å². The summed E-state index contributed by atoms with van der Waals surface area (Å²) >= 11 is 5.72. The lowest BCUT2D eigenvalue weighted by atomic mass is 10.1. The number of hydrogen-bond acceptors (Lipinski definition) is 3. The van der Waals surface area contributed by atoms with Crippen molar-refractivity contribution in [2.24, 2.45) is 0 Å². The van der Waals surface area contributed by atoms with E-state index in [1.54, 1.807) is 6.07 Å². The Hall–Kier alpha value is -1.33. The van der Waals surface area contributed by atoms with E-state index < -0.39 is 11.7 Å². The van der Waals surface area contributed by atoms with Gasteiger partial charge in [0.2, 0.25) is 0 Å². The zero-order valence-corrected chi connectivity index (χ0v) is 11.3. The minimum atomic E-state index is -0.585. The molecule has 1 fully saturated rings. The summed E-state index contributed by atoms with van der Waals surface area (Å²) in [6.07, 6.45) is -0.211. The molecule has 0 aliphatic carbocycles. The molecule has 2 rings (SSSR count). The van der Waals surface area contributed by atoms with Crippen LogP contribution in [0.15, 0.2) is 18.2 Å². The summed E-state index contributed by atoms with van der Waals surface area (Å²) in [6, 6.07) is 4.32. The van der Waals surface area contributed by atoms with Gasteiger partial charge in [0.15, 0.2) is 0 Å². The average molecular weight is 288 g/mol. The number of morpholine rings is 1. The van der Waals surface area contributed by atoms with Crippen LogP contribution in [0.3, 0.4) is 0 Å². The number of carbonyl (C=O) groups is 1. The third kappa shape index (κ3) is 2.98. The Bertz CT molecular complexity index is 469. The lowest BCUT2D eigenvalue weighted by molar-refractivity contribution is -0.0110. The molecule has 1 unspecified atom stereocenters. The number of carbonyl (C=O) groups excluding carboxylic acids is 1. The highest BCUT2D eigenvalue weighted by Gasteiger charge is 2.28. The monoisotopic (exact) mass is 287 g/mol. The molecule has 1 atom stereocenters. The zero-order valence-electron chi connectivity index (χ0n) is 10.6. The van der Waals surface area contributed by atoms with E-state index in [2.05, 4.69) is 0 Å². The molecule has 0 bridgehead atoms.